The van der Waals surface area contributed by atoms with Crippen LogP contribution in [0, 0.1) is 11.8 Å². The van der Waals surface area contributed by atoms with Gasteiger partial charge in [0, 0.05) is 19.1 Å². The molecule has 3 heterocycles. The highest BCUT2D eigenvalue weighted by Crippen LogP contribution is 2.44. The highest BCUT2D eigenvalue weighted by molar-refractivity contribution is 5.07. The Labute approximate surface area is 105 Å². The zero-order valence-corrected chi connectivity index (χ0v) is 10.7. The van der Waals surface area contributed by atoms with Crippen LogP contribution in [0.1, 0.15) is 44.9 Å². The quantitative estimate of drug-likeness (QED) is 0.633. The highest BCUT2D eigenvalue weighted by Gasteiger charge is 2.46. The van der Waals surface area contributed by atoms with E-state index in [0.717, 1.165) is 24.0 Å². The van der Waals surface area contributed by atoms with Crippen LogP contribution in [0.2, 0.25) is 0 Å². The van der Waals surface area contributed by atoms with Gasteiger partial charge in [-0.15, -0.1) is 0 Å². The molecule has 3 fully saturated rings. The average Bonchev–Trinajstić information content (AvgIpc) is 2.39. The van der Waals surface area contributed by atoms with Gasteiger partial charge in [-0.25, -0.2) is 0 Å². The Kier molecular flexibility index (Phi) is 2.46. The fourth-order valence-corrected chi connectivity index (χ4v) is 4.89. The van der Waals surface area contributed by atoms with Crippen LogP contribution in [-0.4, -0.2) is 35.1 Å². The third kappa shape index (κ3) is 1.56. The molecule has 0 aromatic heterocycles. The third-order valence-electron chi connectivity index (χ3n) is 5.57. The second-order valence-electron chi connectivity index (χ2n) is 6.48. The van der Waals surface area contributed by atoms with E-state index in [9.17, 15) is 0 Å². The van der Waals surface area contributed by atoms with Crippen molar-refractivity contribution in [3.05, 3.63) is 12.3 Å². The van der Waals surface area contributed by atoms with E-state index in [2.05, 4.69) is 22.1 Å². The standard InChI is InChI=1S/C15H24N2/c1-2-9-16-11-13-6-3-5-12-7-4-10-17(15(12)13)14(16)8-1/h4,10,12-15H,1-3,5-9,11H2. The summed E-state index contributed by atoms with van der Waals surface area (Å²) in [6.45, 7) is 2.75. The summed E-state index contributed by atoms with van der Waals surface area (Å²) in [5.41, 5.74) is 0. The van der Waals surface area contributed by atoms with Crippen LogP contribution in [0.3, 0.4) is 0 Å². The van der Waals surface area contributed by atoms with Crippen molar-refractivity contribution in [2.75, 3.05) is 13.1 Å². The van der Waals surface area contributed by atoms with Crippen LogP contribution < -0.4 is 0 Å². The number of nitrogens with zero attached hydrogens (tertiary/aromatic N) is 2. The first-order valence-corrected chi connectivity index (χ1v) is 7.61. The fraction of sp³-hybridized carbons (Fsp3) is 0.867. The summed E-state index contributed by atoms with van der Waals surface area (Å²) in [5, 5.41) is 0. The lowest BCUT2D eigenvalue weighted by Crippen LogP contribution is -2.64. The maximum Gasteiger partial charge on any atom is 0.0818 e. The predicted molar refractivity (Wildman–Crippen MR) is 69.4 cm³/mol. The van der Waals surface area contributed by atoms with Gasteiger partial charge < -0.3 is 4.90 Å². The zero-order chi connectivity index (χ0) is 11.2. The third-order valence-corrected chi connectivity index (χ3v) is 5.57. The summed E-state index contributed by atoms with van der Waals surface area (Å²) in [5.74, 6) is 1.94. The lowest BCUT2D eigenvalue weighted by molar-refractivity contribution is -0.0917. The predicted octanol–water partition coefficient (Wildman–Crippen LogP) is 2.82. The van der Waals surface area contributed by atoms with Crippen molar-refractivity contribution < 1.29 is 0 Å². The van der Waals surface area contributed by atoms with Gasteiger partial charge in [0.25, 0.3) is 0 Å². The van der Waals surface area contributed by atoms with Gasteiger partial charge >= 0.3 is 0 Å². The van der Waals surface area contributed by atoms with Gasteiger partial charge in [0.15, 0.2) is 0 Å². The summed E-state index contributed by atoms with van der Waals surface area (Å²) in [4.78, 5) is 5.54. The van der Waals surface area contributed by atoms with Gasteiger partial charge in [0.2, 0.25) is 0 Å². The first kappa shape index (κ1) is 10.4. The second-order valence-corrected chi connectivity index (χ2v) is 6.48. The Bertz CT molecular complexity index is 325. The van der Waals surface area contributed by atoms with E-state index in [1.54, 1.807) is 0 Å². The molecule has 0 aromatic carbocycles. The van der Waals surface area contributed by atoms with Crippen molar-refractivity contribution >= 4 is 0 Å². The van der Waals surface area contributed by atoms with Crippen molar-refractivity contribution in [1.82, 2.24) is 9.80 Å². The molecule has 0 spiro atoms. The summed E-state index contributed by atoms with van der Waals surface area (Å²) in [7, 11) is 0. The largest absolute Gasteiger partial charge is 0.359 e. The van der Waals surface area contributed by atoms with E-state index in [0.29, 0.717) is 0 Å². The first-order chi connectivity index (χ1) is 8.43. The number of hydrogen-bond donors (Lipinski definition) is 0. The fourth-order valence-electron chi connectivity index (χ4n) is 4.89. The molecule has 0 bridgehead atoms. The number of piperidine rings is 1. The molecule has 0 radical (unpaired) electrons. The minimum absolute atomic E-state index is 0.752. The van der Waals surface area contributed by atoms with Gasteiger partial charge in [-0.05, 0) is 56.6 Å². The maximum absolute atomic E-state index is 2.78. The Morgan fingerprint density at radius 2 is 1.88 bits per heavy atom. The highest BCUT2D eigenvalue weighted by atomic mass is 15.4. The molecule has 2 saturated heterocycles. The number of allylic oxidation sites excluding steroid dienone is 1. The Balaban J connectivity index is 1.67. The Morgan fingerprint density at radius 1 is 0.941 bits per heavy atom. The van der Waals surface area contributed by atoms with Crippen molar-refractivity contribution in [1.29, 1.82) is 0 Å². The monoisotopic (exact) mass is 232 g/mol. The van der Waals surface area contributed by atoms with Gasteiger partial charge in [0.05, 0.1) is 6.17 Å². The van der Waals surface area contributed by atoms with Gasteiger partial charge in [0.1, 0.15) is 0 Å². The number of hydrogen-bond acceptors (Lipinski definition) is 2. The van der Waals surface area contributed by atoms with Crippen molar-refractivity contribution in [3.63, 3.8) is 0 Å². The molecule has 3 aliphatic heterocycles. The first-order valence-electron chi connectivity index (χ1n) is 7.61. The molecule has 1 aliphatic carbocycles. The van der Waals surface area contributed by atoms with E-state index in [4.69, 9.17) is 0 Å². The number of rotatable bonds is 0. The molecule has 17 heavy (non-hydrogen) atoms. The number of fused-ring (bicyclic) bond motifs is 2. The van der Waals surface area contributed by atoms with E-state index in [1.165, 1.54) is 58.0 Å². The lowest BCUT2D eigenvalue weighted by Gasteiger charge is -2.58. The molecular weight excluding hydrogens is 208 g/mol. The molecule has 4 rings (SSSR count). The minimum atomic E-state index is 0.752. The zero-order valence-electron chi connectivity index (χ0n) is 10.7. The van der Waals surface area contributed by atoms with Crippen LogP contribution in [0.4, 0.5) is 0 Å². The minimum Gasteiger partial charge on any atom is -0.359 e. The van der Waals surface area contributed by atoms with E-state index >= 15 is 0 Å². The smallest absolute Gasteiger partial charge is 0.0818 e. The molecule has 2 nitrogen and oxygen atoms in total. The van der Waals surface area contributed by atoms with Crippen LogP contribution in [0.15, 0.2) is 12.3 Å². The van der Waals surface area contributed by atoms with Crippen molar-refractivity contribution in [2.45, 2.75) is 57.2 Å². The average molecular weight is 232 g/mol. The summed E-state index contributed by atoms with van der Waals surface area (Å²) < 4.78 is 0. The van der Waals surface area contributed by atoms with Crippen LogP contribution >= 0.6 is 0 Å². The topological polar surface area (TPSA) is 6.48 Å². The van der Waals surface area contributed by atoms with Gasteiger partial charge in [-0.2, -0.15) is 0 Å². The van der Waals surface area contributed by atoms with E-state index in [-0.39, 0.29) is 0 Å². The molecular formula is C15H24N2. The maximum atomic E-state index is 2.78. The summed E-state index contributed by atoms with van der Waals surface area (Å²) in [6, 6.07) is 0.896. The van der Waals surface area contributed by atoms with Crippen molar-refractivity contribution in [3.8, 4) is 0 Å². The normalized spacial score (nSPS) is 45.3. The van der Waals surface area contributed by atoms with E-state index in [1.807, 2.05) is 0 Å². The Hall–Kier alpha value is -0.500. The van der Waals surface area contributed by atoms with Gasteiger partial charge in [-0.1, -0.05) is 12.5 Å². The molecule has 2 heteroatoms. The van der Waals surface area contributed by atoms with Crippen molar-refractivity contribution in [2.24, 2.45) is 11.8 Å². The molecule has 1 saturated carbocycles. The molecule has 4 aliphatic rings. The molecule has 0 amide bonds. The second kappa shape index (κ2) is 4.01. The molecule has 0 N–H and O–H groups in total. The van der Waals surface area contributed by atoms with Crippen LogP contribution in [-0.2, 0) is 0 Å². The molecule has 94 valence electrons. The van der Waals surface area contributed by atoms with Gasteiger partial charge in [-0.3, -0.25) is 4.90 Å². The van der Waals surface area contributed by atoms with Crippen LogP contribution in [0.25, 0.3) is 0 Å². The molecule has 4 atom stereocenters. The molecule has 4 unspecified atom stereocenters. The lowest BCUT2D eigenvalue weighted by atomic mass is 9.71. The summed E-state index contributed by atoms with van der Waals surface area (Å²) >= 11 is 0. The SMILES string of the molecule is C1=CN2C3C(C1)CCCC3CN1CCCCC12. The summed E-state index contributed by atoms with van der Waals surface area (Å²) in [6.07, 6.45) is 15.7. The Morgan fingerprint density at radius 3 is 2.88 bits per heavy atom. The van der Waals surface area contributed by atoms with E-state index < -0.39 is 0 Å². The molecule has 0 aromatic rings. The van der Waals surface area contributed by atoms with Crippen LogP contribution in [0.5, 0.6) is 0 Å².